The molecule has 0 spiro atoms. The van der Waals surface area contributed by atoms with E-state index < -0.39 is 0 Å². The van der Waals surface area contributed by atoms with Crippen LogP contribution >= 0.6 is 27.7 Å². The number of morpholine rings is 1. The van der Waals surface area contributed by atoms with Gasteiger partial charge in [0.25, 0.3) is 0 Å². The lowest BCUT2D eigenvalue weighted by Gasteiger charge is -2.33. The van der Waals surface area contributed by atoms with Crippen LogP contribution in [0.5, 0.6) is 0 Å². The Hall–Kier alpha value is -0.230. The Morgan fingerprint density at radius 3 is 3.00 bits per heavy atom. The van der Waals surface area contributed by atoms with Gasteiger partial charge in [-0.1, -0.05) is 13.8 Å². The van der Waals surface area contributed by atoms with E-state index in [1.165, 1.54) is 4.90 Å². The second kappa shape index (κ2) is 7.69. The third kappa shape index (κ3) is 4.95. The lowest BCUT2D eigenvalue weighted by molar-refractivity contribution is -0.0191. The van der Waals surface area contributed by atoms with Crippen molar-refractivity contribution < 1.29 is 4.74 Å². The fourth-order valence-electron chi connectivity index (χ4n) is 2.38. The van der Waals surface area contributed by atoms with Crippen LogP contribution in [-0.4, -0.2) is 43.0 Å². The normalized spacial score (nSPS) is 20.5. The quantitative estimate of drug-likeness (QED) is 0.645. The SMILES string of the molecule is CC(C)CN1CCOC(CSc2ccc(N)cc2Br)C1. The number of halogens is 1. The molecule has 0 amide bonds. The number of nitrogens with two attached hydrogens (primary N) is 1. The number of hydrogen-bond acceptors (Lipinski definition) is 4. The Kier molecular flexibility index (Phi) is 6.20. The van der Waals surface area contributed by atoms with Crippen LogP contribution in [0.2, 0.25) is 0 Å². The molecule has 0 aromatic heterocycles. The van der Waals surface area contributed by atoms with Crippen LogP contribution in [0.1, 0.15) is 13.8 Å². The maximum absolute atomic E-state index is 5.87. The minimum absolute atomic E-state index is 0.317. The zero-order valence-electron chi connectivity index (χ0n) is 12.1. The van der Waals surface area contributed by atoms with Gasteiger partial charge in [0, 0.05) is 40.4 Å². The van der Waals surface area contributed by atoms with Gasteiger partial charge in [-0.15, -0.1) is 11.8 Å². The van der Waals surface area contributed by atoms with Crippen molar-refractivity contribution in [1.82, 2.24) is 4.90 Å². The lowest BCUT2D eigenvalue weighted by atomic mass is 10.2. The Morgan fingerprint density at radius 1 is 1.50 bits per heavy atom. The molecule has 1 saturated heterocycles. The zero-order chi connectivity index (χ0) is 14.5. The Labute approximate surface area is 134 Å². The molecule has 0 bridgehead atoms. The number of benzene rings is 1. The maximum Gasteiger partial charge on any atom is 0.0796 e. The van der Waals surface area contributed by atoms with Gasteiger partial charge in [-0.2, -0.15) is 0 Å². The van der Waals surface area contributed by atoms with Crippen LogP contribution in [-0.2, 0) is 4.74 Å². The van der Waals surface area contributed by atoms with Crippen molar-refractivity contribution in [3.63, 3.8) is 0 Å². The van der Waals surface area contributed by atoms with Gasteiger partial charge in [-0.3, -0.25) is 4.90 Å². The molecule has 0 saturated carbocycles. The number of nitrogens with zero attached hydrogens (tertiary/aromatic N) is 1. The summed E-state index contributed by atoms with van der Waals surface area (Å²) in [4.78, 5) is 3.74. The molecule has 1 aromatic carbocycles. The van der Waals surface area contributed by atoms with E-state index in [4.69, 9.17) is 10.5 Å². The summed E-state index contributed by atoms with van der Waals surface area (Å²) in [5, 5.41) is 0. The minimum atomic E-state index is 0.317. The predicted molar refractivity (Wildman–Crippen MR) is 90.3 cm³/mol. The topological polar surface area (TPSA) is 38.5 Å². The maximum atomic E-state index is 5.87. The van der Waals surface area contributed by atoms with Gasteiger partial charge in [0.1, 0.15) is 0 Å². The van der Waals surface area contributed by atoms with Crippen molar-refractivity contribution in [1.29, 1.82) is 0 Å². The first-order chi connectivity index (χ1) is 9.54. The molecule has 20 heavy (non-hydrogen) atoms. The predicted octanol–water partition coefficient (Wildman–Crippen LogP) is 3.48. The first-order valence-electron chi connectivity index (χ1n) is 7.06. The van der Waals surface area contributed by atoms with Gasteiger partial charge in [-0.25, -0.2) is 0 Å². The number of hydrogen-bond donors (Lipinski definition) is 1. The van der Waals surface area contributed by atoms with E-state index in [0.717, 1.165) is 42.2 Å². The number of anilines is 1. The number of ether oxygens (including phenoxy) is 1. The summed E-state index contributed by atoms with van der Waals surface area (Å²) in [6.07, 6.45) is 0.317. The highest BCUT2D eigenvalue weighted by Gasteiger charge is 2.21. The minimum Gasteiger partial charge on any atom is -0.399 e. The van der Waals surface area contributed by atoms with Gasteiger partial charge >= 0.3 is 0 Å². The van der Waals surface area contributed by atoms with Crippen molar-refractivity contribution in [3.8, 4) is 0 Å². The molecular formula is C15H23BrN2OS. The summed E-state index contributed by atoms with van der Waals surface area (Å²) in [6.45, 7) is 8.65. The second-order valence-electron chi connectivity index (χ2n) is 5.65. The van der Waals surface area contributed by atoms with Crippen LogP contribution in [0.15, 0.2) is 27.6 Å². The van der Waals surface area contributed by atoms with Crippen molar-refractivity contribution in [2.75, 3.05) is 37.7 Å². The Morgan fingerprint density at radius 2 is 2.30 bits per heavy atom. The zero-order valence-corrected chi connectivity index (χ0v) is 14.5. The highest BCUT2D eigenvalue weighted by Crippen LogP contribution is 2.30. The van der Waals surface area contributed by atoms with Crippen LogP contribution in [0.4, 0.5) is 5.69 Å². The molecule has 1 heterocycles. The molecule has 1 aromatic rings. The van der Waals surface area contributed by atoms with Gasteiger partial charge in [-0.05, 0) is 40.0 Å². The molecule has 3 nitrogen and oxygen atoms in total. The van der Waals surface area contributed by atoms with Gasteiger partial charge < -0.3 is 10.5 Å². The number of thioether (sulfide) groups is 1. The van der Waals surface area contributed by atoms with Gasteiger partial charge in [0.05, 0.1) is 12.7 Å². The monoisotopic (exact) mass is 358 g/mol. The Bertz CT molecular complexity index is 442. The summed E-state index contributed by atoms with van der Waals surface area (Å²) in [6, 6.07) is 5.97. The molecule has 1 atom stereocenters. The third-order valence-electron chi connectivity index (χ3n) is 3.23. The van der Waals surface area contributed by atoms with E-state index >= 15 is 0 Å². The summed E-state index contributed by atoms with van der Waals surface area (Å²) >= 11 is 5.39. The van der Waals surface area contributed by atoms with Crippen LogP contribution in [0, 0.1) is 5.92 Å². The fraction of sp³-hybridized carbons (Fsp3) is 0.600. The standard InChI is InChI=1S/C15H23BrN2OS/c1-11(2)8-18-5-6-19-13(9-18)10-20-15-4-3-12(17)7-14(15)16/h3-4,7,11,13H,5-6,8-10,17H2,1-2H3. The molecule has 2 rings (SSSR count). The van der Waals surface area contributed by atoms with Crippen LogP contribution in [0.25, 0.3) is 0 Å². The van der Waals surface area contributed by atoms with E-state index in [1.54, 1.807) is 0 Å². The van der Waals surface area contributed by atoms with E-state index in [1.807, 2.05) is 23.9 Å². The molecule has 1 fully saturated rings. The molecule has 5 heteroatoms. The molecule has 112 valence electrons. The highest BCUT2D eigenvalue weighted by molar-refractivity contribution is 9.10. The third-order valence-corrected chi connectivity index (χ3v) is 5.35. The highest BCUT2D eigenvalue weighted by atomic mass is 79.9. The van der Waals surface area contributed by atoms with E-state index in [9.17, 15) is 0 Å². The summed E-state index contributed by atoms with van der Waals surface area (Å²) < 4.78 is 6.94. The molecule has 1 aliphatic heterocycles. The van der Waals surface area contributed by atoms with Crippen molar-refractivity contribution in [2.24, 2.45) is 5.92 Å². The van der Waals surface area contributed by atoms with E-state index in [0.29, 0.717) is 12.0 Å². The first kappa shape index (κ1) is 16.1. The summed E-state index contributed by atoms with van der Waals surface area (Å²) in [5.74, 6) is 1.70. The molecule has 1 aliphatic rings. The van der Waals surface area contributed by atoms with Crippen molar-refractivity contribution in [2.45, 2.75) is 24.8 Å². The number of rotatable bonds is 5. The average Bonchev–Trinajstić information content (AvgIpc) is 2.37. The van der Waals surface area contributed by atoms with E-state index in [2.05, 4.69) is 40.7 Å². The van der Waals surface area contributed by atoms with Crippen molar-refractivity contribution >= 4 is 33.4 Å². The fourth-order valence-corrected chi connectivity index (χ4v) is 4.05. The second-order valence-corrected chi connectivity index (χ2v) is 7.56. The molecule has 2 N–H and O–H groups in total. The average molecular weight is 359 g/mol. The number of nitrogen functional groups attached to an aromatic ring is 1. The molecule has 1 unspecified atom stereocenters. The first-order valence-corrected chi connectivity index (χ1v) is 8.84. The smallest absolute Gasteiger partial charge is 0.0796 e. The molecular weight excluding hydrogens is 336 g/mol. The van der Waals surface area contributed by atoms with Gasteiger partial charge in [0.2, 0.25) is 0 Å². The van der Waals surface area contributed by atoms with E-state index in [-0.39, 0.29) is 0 Å². The summed E-state index contributed by atoms with van der Waals surface area (Å²) in [7, 11) is 0. The molecule has 0 aliphatic carbocycles. The molecule has 0 radical (unpaired) electrons. The van der Waals surface area contributed by atoms with Crippen LogP contribution in [0.3, 0.4) is 0 Å². The largest absolute Gasteiger partial charge is 0.399 e. The van der Waals surface area contributed by atoms with Gasteiger partial charge in [0.15, 0.2) is 0 Å². The van der Waals surface area contributed by atoms with Crippen LogP contribution < -0.4 is 5.73 Å². The Balaban J connectivity index is 1.84. The lowest BCUT2D eigenvalue weighted by Crippen LogP contribution is -2.44. The van der Waals surface area contributed by atoms with Crippen molar-refractivity contribution in [3.05, 3.63) is 22.7 Å². The summed E-state index contributed by atoms with van der Waals surface area (Å²) in [5.41, 5.74) is 6.55.